The molecule has 82 valence electrons. The van der Waals surface area contributed by atoms with E-state index in [0.29, 0.717) is 12.4 Å². The molecule has 1 rings (SSSR count). The van der Waals surface area contributed by atoms with Gasteiger partial charge in [0.05, 0.1) is 7.11 Å². The van der Waals surface area contributed by atoms with Gasteiger partial charge in [-0.25, -0.2) is 4.98 Å². The Balaban J connectivity index is 2.47. The van der Waals surface area contributed by atoms with Crippen LogP contribution in [0.4, 0.5) is 0 Å². The lowest BCUT2D eigenvalue weighted by Gasteiger charge is -2.07. The normalized spacial score (nSPS) is 10.1. The summed E-state index contributed by atoms with van der Waals surface area (Å²) in [7, 11) is 1.57. The first-order valence-corrected chi connectivity index (χ1v) is 4.90. The van der Waals surface area contributed by atoms with Gasteiger partial charge < -0.3 is 10.1 Å². The van der Waals surface area contributed by atoms with E-state index in [1.807, 2.05) is 19.9 Å². The van der Waals surface area contributed by atoms with E-state index in [0.717, 1.165) is 5.56 Å². The van der Waals surface area contributed by atoms with Crippen LogP contribution in [-0.4, -0.2) is 18.0 Å². The van der Waals surface area contributed by atoms with Gasteiger partial charge in [-0.15, -0.1) is 0 Å². The molecule has 4 nitrogen and oxygen atoms in total. The summed E-state index contributed by atoms with van der Waals surface area (Å²) in [6.07, 6.45) is 1.69. The number of rotatable bonds is 4. The van der Waals surface area contributed by atoms with Crippen LogP contribution in [0.2, 0.25) is 0 Å². The minimum absolute atomic E-state index is 0.0104. The molecule has 0 saturated carbocycles. The fourth-order valence-electron chi connectivity index (χ4n) is 1.03. The zero-order chi connectivity index (χ0) is 11.3. The molecule has 4 heteroatoms. The molecule has 0 aromatic carbocycles. The van der Waals surface area contributed by atoms with E-state index >= 15 is 0 Å². The molecule has 0 spiro atoms. The second kappa shape index (κ2) is 5.34. The summed E-state index contributed by atoms with van der Waals surface area (Å²) in [5, 5.41) is 2.82. The SMILES string of the molecule is COc1ccc(CNC(=O)C(C)C)cn1. The molecule has 0 aliphatic carbocycles. The highest BCUT2D eigenvalue weighted by Crippen LogP contribution is 2.06. The smallest absolute Gasteiger partial charge is 0.222 e. The summed E-state index contributed by atoms with van der Waals surface area (Å²) in [5.74, 6) is 0.635. The molecule has 1 amide bonds. The van der Waals surface area contributed by atoms with Crippen LogP contribution in [0.25, 0.3) is 0 Å². The Bertz CT molecular complexity index is 320. The van der Waals surface area contributed by atoms with Crippen molar-refractivity contribution < 1.29 is 9.53 Å². The number of amides is 1. The van der Waals surface area contributed by atoms with Crippen LogP contribution >= 0.6 is 0 Å². The molecule has 1 aromatic rings. The highest BCUT2D eigenvalue weighted by atomic mass is 16.5. The molecule has 1 aromatic heterocycles. The van der Waals surface area contributed by atoms with Crippen molar-refractivity contribution in [1.29, 1.82) is 0 Å². The summed E-state index contributed by atoms with van der Waals surface area (Å²) in [6, 6.07) is 3.66. The number of nitrogens with one attached hydrogen (secondary N) is 1. The summed E-state index contributed by atoms with van der Waals surface area (Å²) < 4.78 is 4.93. The summed E-state index contributed by atoms with van der Waals surface area (Å²) in [4.78, 5) is 15.3. The van der Waals surface area contributed by atoms with Gasteiger partial charge >= 0.3 is 0 Å². The van der Waals surface area contributed by atoms with E-state index in [2.05, 4.69) is 10.3 Å². The van der Waals surface area contributed by atoms with Crippen molar-refractivity contribution >= 4 is 5.91 Å². The molecule has 0 saturated heterocycles. The molecule has 0 aliphatic heterocycles. The summed E-state index contributed by atoms with van der Waals surface area (Å²) >= 11 is 0. The van der Waals surface area contributed by atoms with Crippen molar-refractivity contribution in [2.75, 3.05) is 7.11 Å². The second-order valence-corrected chi connectivity index (χ2v) is 3.58. The van der Waals surface area contributed by atoms with Crippen molar-refractivity contribution in [3.8, 4) is 5.88 Å². The Morgan fingerprint density at radius 2 is 2.27 bits per heavy atom. The van der Waals surface area contributed by atoms with Gasteiger partial charge in [0.25, 0.3) is 0 Å². The lowest BCUT2D eigenvalue weighted by atomic mass is 10.2. The van der Waals surface area contributed by atoms with Crippen molar-refractivity contribution in [1.82, 2.24) is 10.3 Å². The third kappa shape index (κ3) is 3.58. The fourth-order valence-corrected chi connectivity index (χ4v) is 1.03. The van der Waals surface area contributed by atoms with Gasteiger partial charge in [0.1, 0.15) is 0 Å². The topological polar surface area (TPSA) is 51.2 Å². The second-order valence-electron chi connectivity index (χ2n) is 3.58. The van der Waals surface area contributed by atoms with Gasteiger partial charge in [-0.1, -0.05) is 19.9 Å². The number of nitrogens with zero attached hydrogens (tertiary/aromatic N) is 1. The number of carbonyl (C=O) groups is 1. The Morgan fingerprint density at radius 3 is 2.73 bits per heavy atom. The molecule has 1 heterocycles. The maximum Gasteiger partial charge on any atom is 0.222 e. The molecule has 0 aliphatic rings. The maximum absolute atomic E-state index is 11.3. The van der Waals surface area contributed by atoms with E-state index < -0.39 is 0 Å². The van der Waals surface area contributed by atoms with Crippen molar-refractivity contribution in [3.63, 3.8) is 0 Å². The Morgan fingerprint density at radius 1 is 1.53 bits per heavy atom. The standard InChI is InChI=1S/C11H16N2O2/c1-8(2)11(14)13-7-9-4-5-10(15-3)12-6-9/h4-6,8H,7H2,1-3H3,(H,13,14). The summed E-state index contributed by atoms with van der Waals surface area (Å²) in [5.41, 5.74) is 0.963. The molecule has 0 fully saturated rings. The third-order valence-corrected chi connectivity index (χ3v) is 2.00. The molecule has 0 atom stereocenters. The first-order chi connectivity index (χ1) is 7.13. The lowest BCUT2D eigenvalue weighted by molar-refractivity contribution is -0.124. The average molecular weight is 208 g/mol. The molecular weight excluding hydrogens is 192 g/mol. The van der Waals surface area contributed by atoms with E-state index in [1.54, 1.807) is 19.4 Å². The molecule has 0 radical (unpaired) electrons. The van der Waals surface area contributed by atoms with Gasteiger partial charge in [-0.3, -0.25) is 4.79 Å². The molecule has 0 unspecified atom stereocenters. The molecule has 0 bridgehead atoms. The molecule has 1 N–H and O–H groups in total. The maximum atomic E-state index is 11.3. The largest absolute Gasteiger partial charge is 0.481 e. The van der Waals surface area contributed by atoms with Crippen LogP contribution in [0.1, 0.15) is 19.4 Å². The van der Waals surface area contributed by atoms with Gasteiger partial charge in [0.15, 0.2) is 0 Å². The quantitative estimate of drug-likeness (QED) is 0.812. The summed E-state index contributed by atoms with van der Waals surface area (Å²) in [6.45, 7) is 4.23. The number of pyridine rings is 1. The highest BCUT2D eigenvalue weighted by Gasteiger charge is 2.05. The minimum atomic E-state index is 0.0104. The number of hydrogen-bond acceptors (Lipinski definition) is 3. The first kappa shape index (κ1) is 11.5. The molecular formula is C11H16N2O2. The first-order valence-electron chi connectivity index (χ1n) is 4.90. The van der Waals surface area contributed by atoms with E-state index in [-0.39, 0.29) is 11.8 Å². The Hall–Kier alpha value is -1.58. The van der Waals surface area contributed by atoms with E-state index in [4.69, 9.17) is 4.74 Å². The molecule has 15 heavy (non-hydrogen) atoms. The monoisotopic (exact) mass is 208 g/mol. The Kier molecular flexibility index (Phi) is 4.09. The van der Waals surface area contributed by atoms with Crippen LogP contribution in [0.5, 0.6) is 5.88 Å². The minimum Gasteiger partial charge on any atom is -0.481 e. The van der Waals surface area contributed by atoms with Crippen LogP contribution < -0.4 is 10.1 Å². The van der Waals surface area contributed by atoms with Crippen LogP contribution in [0.3, 0.4) is 0 Å². The number of carbonyl (C=O) groups excluding carboxylic acids is 1. The lowest BCUT2D eigenvalue weighted by Crippen LogP contribution is -2.27. The number of ether oxygens (including phenoxy) is 1. The Labute approximate surface area is 89.7 Å². The predicted molar refractivity (Wildman–Crippen MR) is 57.5 cm³/mol. The van der Waals surface area contributed by atoms with Crippen LogP contribution in [0.15, 0.2) is 18.3 Å². The van der Waals surface area contributed by atoms with Gasteiger partial charge in [0.2, 0.25) is 11.8 Å². The van der Waals surface area contributed by atoms with Crippen molar-refractivity contribution in [2.24, 2.45) is 5.92 Å². The number of hydrogen-bond donors (Lipinski definition) is 1. The van der Waals surface area contributed by atoms with Gasteiger partial charge in [-0.05, 0) is 5.56 Å². The number of methoxy groups -OCH3 is 1. The highest BCUT2D eigenvalue weighted by molar-refractivity contribution is 5.77. The van der Waals surface area contributed by atoms with Gasteiger partial charge in [-0.2, -0.15) is 0 Å². The van der Waals surface area contributed by atoms with Crippen molar-refractivity contribution in [2.45, 2.75) is 20.4 Å². The van der Waals surface area contributed by atoms with E-state index in [9.17, 15) is 4.79 Å². The predicted octanol–water partition coefficient (Wildman–Crippen LogP) is 1.36. The van der Waals surface area contributed by atoms with Crippen LogP contribution in [0, 0.1) is 5.92 Å². The number of aromatic nitrogens is 1. The zero-order valence-electron chi connectivity index (χ0n) is 9.28. The zero-order valence-corrected chi connectivity index (χ0v) is 9.28. The average Bonchev–Trinajstić information content (AvgIpc) is 2.26. The van der Waals surface area contributed by atoms with Gasteiger partial charge in [0, 0.05) is 24.7 Å². The van der Waals surface area contributed by atoms with E-state index in [1.165, 1.54) is 0 Å². The van der Waals surface area contributed by atoms with Crippen LogP contribution in [-0.2, 0) is 11.3 Å². The fraction of sp³-hybridized carbons (Fsp3) is 0.455. The van der Waals surface area contributed by atoms with Crippen molar-refractivity contribution in [3.05, 3.63) is 23.9 Å². The third-order valence-electron chi connectivity index (χ3n) is 2.00.